The van der Waals surface area contributed by atoms with Gasteiger partial charge in [0.2, 0.25) is 0 Å². The van der Waals surface area contributed by atoms with Gasteiger partial charge in [-0.3, -0.25) is 9.59 Å². The molecule has 0 radical (unpaired) electrons. The Balaban J connectivity index is 0. The highest BCUT2D eigenvalue weighted by molar-refractivity contribution is 5.82. The van der Waals surface area contributed by atoms with Crippen LogP contribution in [0.5, 0.6) is 11.5 Å². The molecule has 250 valence electrons. The van der Waals surface area contributed by atoms with E-state index in [-0.39, 0.29) is 18.2 Å². The van der Waals surface area contributed by atoms with E-state index in [0.717, 1.165) is 46.6 Å². The van der Waals surface area contributed by atoms with E-state index in [1.54, 1.807) is 13.0 Å². The maximum absolute atomic E-state index is 11.1. The lowest BCUT2D eigenvalue weighted by atomic mass is 10.1. The summed E-state index contributed by atoms with van der Waals surface area (Å²) >= 11 is 0. The number of hydrogen-bond donors (Lipinski definition) is 2. The van der Waals surface area contributed by atoms with E-state index in [0.29, 0.717) is 24.5 Å². The number of fused-ring (bicyclic) bond motifs is 1. The van der Waals surface area contributed by atoms with Gasteiger partial charge in [0.15, 0.2) is 5.78 Å². The second kappa shape index (κ2) is 27.6. The van der Waals surface area contributed by atoms with Gasteiger partial charge in [0.1, 0.15) is 35.2 Å². The summed E-state index contributed by atoms with van der Waals surface area (Å²) in [5.41, 5.74) is 9.23. The van der Waals surface area contributed by atoms with Crippen LogP contribution in [0.3, 0.4) is 0 Å². The van der Waals surface area contributed by atoms with Crippen molar-refractivity contribution < 1.29 is 23.5 Å². The highest BCUT2D eigenvalue weighted by Gasteiger charge is 2.06. The normalized spacial score (nSPS) is 9.22. The predicted molar refractivity (Wildman–Crippen MR) is 191 cm³/mol. The van der Waals surface area contributed by atoms with Gasteiger partial charge in [-0.2, -0.15) is 0 Å². The molecule has 0 saturated heterocycles. The molecule has 0 aliphatic carbocycles. The summed E-state index contributed by atoms with van der Waals surface area (Å²) in [6.07, 6.45) is 1.36. The number of furan rings is 1. The second-order valence-corrected chi connectivity index (χ2v) is 8.83. The first-order valence-corrected chi connectivity index (χ1v) is 16.2. The van der Waals surface area contributed by atoms with Crippen LogP contribution in [0.2, 0.25) is 0 Å². The zero-order chi connectivity index (χ0) is 34.6. The minimum Gasteiger partial charge on any atom is -0.461 e. The topological polar surface area (TPSA) is 104 Å². The molecule has 0 atom stereocenters. The molecule has 7 nitrogen and oxygen atoms in total. The average molecular weight is 623 g/mol. The second-order valence-electron chi connectivity index (χ2n) is 8.83. The Morgan fingerprint density at radius 3 is 1.93 bits per heavy atom. The van der Waals surface area contributed by atoms with Crippen LogP contribution in [0.25, 0.3) is 11.0 Å². The van der Waals surface area contributed by atoms with Crippen LogP contribution in [0, 0.1) is 0 Å². The molecule has 1 heterocycles. The van der Waals surface area contributed by atoms with E-state index >= 15 is 0 Å². The molecule has 3 N–H and O–H groups in total. The van der Waals surface area contributed by atoms with Gasteiger partial charge in [-0.25, -0.2) is 0 Å². The van der Waals surface area contributed by atoms with Gasteiger partial charge in [-0.15, -0.1) is 0 Å². The third kappa shape index (κ3) is 19.1. The van der Waals surface area contributed by atoms with E-state index < -0.39 is 0 Å². The van der Waals surface area contributed by atoms with Gasteiger partial charge in [-0.1, -0.05) is 85.7 Å². The van der Waals surface area contributed by atoms with Crippen LogP contribution in [-0.4, -0.2) is 31.8 Å². The lowest BCUT2D eigenvalue weighted by Crippen LogP contribution is -2.09. The molecule has 0 bridgehead atoms. The van der Waals surface area contributed by atoms with Gasteiger partial charge in [0.05, 0.1) is 6.61 Å². The molecule has 0 fully saturated rings. The molecule has 1 aromatic heterocycles. The summed E-state index contributed by atoms with van der Waals surface area (Å²) in [6, 6.07) is 22.8. The number of rotatable bonds is 11. The molecular formula is C38H58N2O5. The summed E-state index contributed by atoms with van der Waals surface area (Å²) in [6.45, 7) is 20.6. The number of likely N-dealkylation sites (N-methyl/N-ethyl adjacent to an activating group) is 1. The quantitative estimate of drug-likeness (QED) is 0.161. The molecule has 0 amide bonds. The molecule has 3 aromatic carbocycles. The van der Waals surface area contributed by atoms with Crippen molar-refractivity contribution in [3.05, 3.63) is 89.7 Å². The van der Waals surface area contributed by atoms with Crippen molar-refractivity contribution in [2.45, 2.75) is 88.7 Å². The Morgan fingerprint density at radius 1 is 0.756 bits per heavy atom. The van der Waals surface area contributed by atoms with Crippen LogP contribution in [-0.2, 0) is 33.8 Å². The summed E-state index contributed by atoms with van der Waals surface area (Å²) in [5, 5.41) is 4.19. The SMILES string of the molecule is CC.CC.CC.CC.CC(=O)COCc1ccc(Oc2cccc(N)c2)cc1.CNCCc1cc2ccc(CC(C)=O)cc2o1. The van der Waals surface area contributed by atoms with Crippen molar-refractivity contribution in [3.8, 4) is 11.5 Å². The number of Topliss-reactive ketones (excluding diaryl/α,β-unsaturated/α-hetero) is 2. The molecular weight excluding hydrogens is 564 g/mol. The number of carbonyl (C=O) groups is 2. The minimum atomic E-state index is 0.0200. The van der Waals surface area contributed by atoms with Crippen molar-refractivity contribution in [3.63, 3.8) is 0 Å². The molecule has 4 aromatic rings. The third-order valence-electron chi connectivity index (χ3n) is 5.30. The Hall–Kier alpha value is -3.94. The van der Waals surface area contributed by atoms with Gasteiger partial charge >= 0.3 is 0 Å². The Morgan fingerprint density at radius 2 is 1.38 bits per heavy atom. The number of benzene rings is 3. The first kappa shape index (κ1) is 43.2. The minimum absolute atomic E-state index is 0.0200. The van der Waals surface area contributed by atoms with E-state index in [1.807, 2.05) is 123 Å². The zero-order valence-corrected chi connectivity index (χ0v) is 29.6. The summed E-state index contributed by atoms with van der Waals surface area (Å²) in [4.78, 5) is 21.8. The highest BCUT2D eigenvalue weighted by Crippen LogP contribution is 2.24. The zero-order valence-electron chi connectivity index (χ0n) is 29.6. The molecule has 4 rings (SSSR count). The number of ketones is 2. The molecule has 0 saturated carbocycles. The predicted octanol–water partition coefficient (Wildman–Crippen LogP) is 9.60. The first-order valence-electron chi connectivity index (χ1n) is 16.2. The van der Waals surface area contributed by atoms with Crippen LogP contribution < -0.4 is 15.8 Å². The van der Waals surface area contributed by atoms with Crippen molar-refractivity contribution >= 4 is 28.2 Å². The van der Waals surface area contributed by atoms with Gasteiger partial charge in [0, 0.05) is 36.5 Å². The molecule has 45 heavy (non-hydrogen) atoms. The molecule has 0 unspecified atom stereocenters. The van der Waals surface area contributed by atoms with Crippen molar-refractivity contribution in [2.75, 3.05) is 25.9 Å². The average Bonchev–Trinajstić information content (AvgIpc) is 3.47. The van der Waals surface area contributed by atoms with Crippen LogP contribution in [0.4, 0.5) is 5.69 Å². The van der Waals surface area contributed by atoms with E-state index in [1.165, 1.54) is 6.92 Å². The number of nitrogens with two attached hydrogens (primary N) is 1. The van der Waals surface area contributed by atoms with E-state index in [9.17, 15) is 9.59 Å². The molecule has 0 aliphatic heterocycles. The Labute approximate surface area is 272 Å². The van der Waals surface area contributed by atoms with Gasteiger partial charge in [0.25, 0.3) is 0 Å². The van der Waals surface area contributed by atoms with Crippen LogP contribution >= 0.6 is 0 Å². The maximum atomic E-state index is 11.1. The monoisotopic (exact) mass is 622 g/mol. The van der Waals surface area contributed by atoms with Gasteiger partial charge < -0.3 is 24.9 Å². The van der Waals surface area contributed by atoms with Crippen molar-refractivity contribution in [2.24, 2.45) is 0 Å². The molecule has 0 aliphatic rings. The number of carbonyl (C=O) groups excluding carboxylic acids is 2. The number of anilines is 1. The number of nitrogens with one attached hydrogen (secondary N) is 1. The smallest absolute Gasteiger partial charge is 0.155 e. The fourth-order valence-electron chi connectivity index (χ4n) is 3.58. The number of hydrogen-bond acceptors (Lipinski definition) is 7. The molecule has 7 heteroatoms. The number of ether oxygens (including phenoxy) is 2. The lowest BCUT2D eigenvalue weighted by molar-refractivity contribution is -0.121. The van der Waals surface area contributed by atoms with Crippen LogP contribution in [0.1, 0.15) is 86.1 Å². The summed E-state index contributed by atoms with van der Waals surface area (Å²) in [7, 11) is 1.92. The van der Waals surface area contributed by atoms with E-state index in [2.05, 4.69) is 11.4 Å². The molecule has 0 spiro atoms. The third-order valence-corrected chi connectivity index (χ3v) is 5.30. The Kier molecular flexibility index (Phi) is 26.5. The summed E-state index contributed by atoms with van der Waals surface area (Å²) < 4.78 is 16.7. The van der Waals surface area contributed by atoms with E-state index in [4.69, 9.17) is 19.6 Å². The lowest BCUT2D eigenvalue weighted by Gasteiger charge is -2.07. The number of nitrogen functional groups attached to an aromatic ring is 1. The van der Waals surface area contributed by atoms with Gasteiger partial charge in [-0.05, 0) is 68.4 Å². The standard InChI is InChI=1S/C16H17NO3.C14H17NO2.4C2H6/c1-12(18)10-19-11-13-5-7-15(8-6-13)20-16-4-2-3-14(17)9-16;1-10(16)7-11-3-4-12-9-13(5-6-15-2)17-14(12)8-11;4*1-2/h2-9H,10-11,17H2,1H3;3-4,8-9,15H,5-7H2,1-2H3;4*1-2H3. The fourth-order valence-corrected chi connectivity index (χ4v) is 3.58. The van der Waals surface area contributed by atoms with Crippen LogP contribution in [0.15, 0.2) is 77.2 Å². The van der Waals surface area contributed by atoms with Crippen molar-refractivity contribution in [1.82, 2.24) is 5.32 Å². The maximum Gasteiger partial charge on any atom is 0.155 e. The highest BCUT2D eigenvalue weighted by atomic mass is 16.5. The largest absolute Gasteiger partial charge is 0.461 e. The first-order chi connectivity index (χ1) is 21.8. The van der Waals surface area contributed by atoms with Crippen molar-refractivity contribution in [1.29, 1.82) is 0 Å². The summed E-state index contributed by atoms with van der Waals surface area (Å²) in [5.74, 6) is 2.60. The Bertz CT molecular complexity index is 1310. The fraction of sp³-hybridized carbons (Fsp3) is 0.421.